The topological polar surface area (TPSA) is 77.6 Å². The lowest BCUT2D eigenvalue weighted by Gasteiger charge is -2.25. The van der Waals surface area contributed by atoms with Crippen molar-refractivity contribution >= 4 is 27.5 Å². The second-order valence-corrected chi connectivity index (χ2v) is 7.27. The molecule has 3 aromatic rings. The molecule has 1 amide bonds. The number of thiophene rings is 1. The van der Waals surface area contributed by atoms with Crippen LogP contribution in [0.2, 0.25) is 0 Å². The lowest BCUT2D eigenvalue weighted by Crippen LogP contribution is -2.41. The summed E-state index contributed by atoms with van der Waals surface area (Å²) in [6, 6.07) is 2.07. The summed E-state index contributed by atoms with van der Waals surface area (Å²) in [4.78, 5) is 14.4. The van der Waals surface area contributed by atoms with Crippen molar-refractivity contribution in [2.24, 2.45) is 7.05 Å². The van der Waals surface area contributed by atoms with Gasteiger partial charge in [-0.05, 0) is 19.4 Å². The summed E-state index contributed by atoms with van der Waals surface area (Å²) in [5.74, 6) is 2.02. The number of carbonyl (C=O) groups is 1. The van der Waals surface area contributed by atoms with Crippen LogP contribution < -0.4 is 5.32 Å². The zero-order valence-corrected chi connectivity index (χ0v) is 14.9. The van der Waals surface area contributed by atoms with Crippen molar-refractivity contribution < 1.29 is 4.79 Å². The fourth-order valence-corrected chi connectivity index (χ4v) is 4.36. The average molecular weight is 344 g/mol. The van der Waals surface area contributed by atoms with Crippen molar-refractivity contribution in [3.05, 3.63) is 28.3 Å². The van der Waals surface area contributed by atoms with Gasteiger partial charge in [-0.15, -0.1) is 21.5 Å². The number of nitrogens with one attached hydrogen (secondary N) is 1. The Morgan fingerprint density at radius 1 is 1.46 bits per heavy atom. The molecule has 0 fully saturated rings. The molecule has 0 aliphatic carbocycles. The van der Waals surface area contributed by atoms with Gasteiger partial charge in [0.25, 0.3) is 5.91 Å². The number of fused-ring (bicyclic) bond motifs is 2. The zero-order valence-electron chi connectivity index (χ0n) is 14.0. The summed E-state index contributed by atoms with van der Waals surface area (Å²) in [5.41, 5.74) is 0.960. The monoisotopic (exact) mass is 344 g/mol. The Bertz CT molecular complexity index is 873. The zero-order chi connectivity index (χ0) is 16.8. The van der Waals surface area contributed by atoms with Gasteiger partial charge in [-0.25, -0.2) is 0 Å². The lowest BCUT2D eigenvalue weighted by atomic mass is 10.1. The van der Waals surface area contributed by atoms with Gasteiger partial charge in [-0.2, -0.15) is 5.10 Å². The number of carbonyl (C=O) groups excluding carboxylic acids is 1. The van der Waals surface area contributed by atoms with Crippen LogP contribution >= 0.6 is 11.3 Å². The molecule has 1 atom stereocenters. The minimum atomic E-state index is -0.00447. The van der Waals surface area contributed by atoms with Gasteiger partial charge in [0.05, 0.1) is 10.6 Å². The van der Waals surface area contributed by atoms with Crippen molar-refractivity contribution in [3.63, 3.8) is 0 Å². The summed E-state index contributed by atoms with van der Waals surface area (Å²) >= 11 is 1.49. The normalized spacial score (nSPS) is 17.2. The molecule has 0 bridgehead atoms. The molecule has 7 nitrogen and oxygen atoms in total. The van der Waals surface area contributed by atoms with Crippen LogP contribution in [0.4, 0.5) is 0 Å². The molecule has 0 radical (unpaired) electrons. The van der Waals surface area contributed by atoms with Gasteiger partial charge in [0.2, 0.25) is 0 Å². The van der Waals surface area contributed by atoms with Gasteiger partial charge in [0, 0.05) is 37.9 Å². The quantitative estimate of drug-likeness (QED) is 0.786. The minimum Gasteiger partial charge on any atom is -0.347 e. The first-order valence-electron chi connectivity index (χ1n) is 8.21. The molecule has 126 valence electrons. The number of rotatable bonds is 3. The lowest BCUT2D eigenvalue weighted by molar-refractivity contribution is 0.0931. The van der Waals surface area contributed by atoms with Crippen LogP contribution in [0.3, 0.4) is 0 Å². The van der Waals surface area contributed by atoms with Crippen molar-refractivity contribution in [1.29, 1.82) is 0 Å². The van der Waals surface area contributed by atoms with Crippen LogP contribution in [0.1, 0.15) is 40.4 Å². The van der Waals surface area contributed by atoms with E-state index < -0.39 is 0 Å². The maximum Gasteiger partial charge on any atom is 0.261 e. The fourth-order valence-electron chi connectivity index (χ4n) is 3.34. The summed E-state index contributed by atoms with van der Waals surface area (Å²) < 4.78 is 3.98. The molecule has 0 unspecified atom stereocenters. The summed E-state index contributed by atoms with van der Waals surface area (Å²) in [6.45, 7) is 4.80. The Hall–Kier alpha value is -2.22. The third-order valence-electron chi connectivity index (χ3n) is 4.59. The first-order valence-corrected chi connectivity index (χ1v) is 9.03. The molecule has 4 rings (SSSR count). The first-order chi connectivity index (χ1) is 11.6. The number of nitrogens with zero attached hydrogens (tertiary/aromatic N) is 5. The van der Waals surface area contributed by atoms with E-state index in [4.69, 9.17) is 0 Å². The van der Waals surface area contributed by atoms with E-state index in [0.717, 1.165) is 58.2 Å². The number of aromatic nitrogens is 5. The molecule has 0 saturated carbocycles. The standard InChI is InChI=1S/C16H20N6OS/c1-4-13-18-19-14-6-5-10(8-22(13)14)17-15(23)12-7-11-9(2)20-21(3)16(11)24-12/h7,10H,4-6,8H2,1-3H3,(H,17,23)/t10-/m0/s1. The van der Waals surface area contributed by atoms with Crippen molar-refractivity contribution in [2.75, 3.05) is 0 Å². The maximum absolute atomic E-state index is 12.6. The number of hydrogen-bond acceptors (Lipinski definition) is 5. The third-order valence-corrected chi connectivity index (χ3v) is 5.80. The number of amides is 1. The highest BCUT2D eigenvalue weighted by molar-refractivity contribution is 7.20. The van der Waals surface area contributed by atoms with Gasteiger partial charge in [-0.1, -0.05) is 6.92 Å². The molecule has 1 N–H and O–H groups in total. The second kappa shape index (κ2) is 5.70. The summed E-state index contributed by atoms with van der Waals surface area (Å²) in [5, 5.41) is 17.1. The molecule has 0 aromatic carbocycles. The van der Waals surface area contributed by atoms with E-state index in [0.29, 0.717) is 0 Å². The molecule has 24 heavy (non-hydrogen) atoms. The first kappa shape index (κ1) is 15.3. The summed E-state index contributed by atoms with van der Waals surface area (Å²) in [6.07, 6.45) is 2.61. The van der Waals surface area contributed by atoms with Gasteiger partial charge in [0.1, 0.15) is 16.5 Å². The molecule has 0 saturated heterocycles. The van der Waals surface area contributed by atoms with Crippen LogP contribution in [0.25, 0.3) is 10.2 Å². The number of hydrogen-bond donors (Lipinski definition) is 1. The molecule has 0 spiro atoms. The van der Waals surface area contributed by atoms with Crippen LogP contribution in [0.5, 0.6) is 0 Å². The van der Waals surface area contributed by atoms with E-state index in [9.17, 15) is 4.79 Å². The largest absolute Gasteiger partial charge is 0.347 e. The molecule has 1 aliphatic rings. The molecular weight excluding hydrogens is 324 g/mol. The Labute approximate surface area is 143 Å². The van der Waals surface area contributed by atoms with Crippen molar-refractivity contribution in [2.45, 2.75) is 45.7 Å². The van der Waals surface area contributed by atoms with Gasteiger partial charge in [-0.3, -0.25) is 9.48 Å². The molecule has 4 heterocycles. The highest BCUT2D eigenvalue weighted by Crippen LogP contribution is 2.28. The second-order valence-electron chi connectivity index (χ2n) is 6.24. The average Bonchev–Trinajstić information content (AvgIpc) is 3.24. The Morgan fingerprint density at radius 2 is 2.29 bits per heavy atom. The van der Waals surface area contributed by atoms with Crippen molar-refractivity contribution in [1.82, 2.24) is 29.9 Å². The van der Waals surface area contributed by atoms with Gasteiger partial charge >= 0.3 is 0 Å². The van der Waals surface area contributed by atoms with Gasteiger partial charge < -0.3 is 9.88 Å². The van der Waals surface area contributed by atoms with E-state index in [-0.39, 0.29) is 11.9 Å². The van der Waals surface area contributed by atoms with E-state index >= 15 is 0 Å². The van der Waals surface area contributed by atoms with E-state index in [1.54, 1.807) is 0 Å². The van der Waals surface area contributed by atoms with Crippen LogP contribution in [-0.4, -0.2) is 36.5 Å². The maximum atomic E-state index is 12.6. The predicted octanol–water partition coefficient (Wildman–Crippen LogP) is 1.84. The van der Waals surface area contributed by atoms with E-state index in [1.807, 2.05) is 24.7 Å². The molecule has 1 aliphatic heterocycles. The molecule has 8 heteroatoms. The Balaban J connectivity index is 1.52. The van der Waals surface area contributed by atoms with Crippen molar-refractivity contribution in [3.8, 4) is 0 Å². The Kier molecular flexibility index (Phi) is 3.64. The van der Waals surface area contributed by atoms with E-state index in [1.165, 1.54) is 11.3 Å². The smallest absolute Gasteiger partial charge is 0.261 e. The van der Waals surface area contributed by atoms with Crippen LogP contribution in [0.15, 0.2) is 6.07 Å². The van der Waals surface area contributed by atoms with Crippen LogP contribution in [0, 0.1) is 6.92 Å². The fraction of sp³-hybridized carbons (Fsp3) is 0.500. The SMILES string of the molecule is CCc1nnc2n1C[C@@H](NC(=O)c1cc3c(C)nn(C)c3s1)CC2. The van der Waals surface area contributed by atoms with Gasteiger partial charge in [0.15, 0.2) is 0 Å². The van der Waals surface area contributed by atoms with Crippen LogP contribution in [-0.2, 0) is 26.4 Å². The summed E-state index contributed by atoms with van der Waals surface area (Å²) in [7, 11) is 1.91. The predicted molar refractivity (Wildman–Crippen MR) is 92.3 cm³/mol. The highest BCUT2D eigenvalue weighted by Gasteiger charge is 2.24. The molecular formula is C16H20N6OS. The minimum absolute atomic E-state index is 0.00447. The van der Waals surface area contributed by atoms with E-state index in [2.05, 4.69) is 32.1 Å². The Morgan fingerprint density at radius 3 is 3.04 bits per heavy atom. The number of aryl methyl sites for hydroxylation is 4. The molecule has 3 aromatic heterocycles. The highest BCUT2D eigenvalue weighted by atomic mass is 32.1. The third kappa shape index (κ3) is 2.41.